The van der Waals surface area contributed by atoms with Gasteiger partial charge in [0.15, 0.2) is 5.82 Å². The molecule has 0 amide bonds. The van der Waals surface area contributed by atoms with Gasteiger partial charge in [0.05, 0.1) is 6.54 Å². The van der Waals surface area contributed by atoms with E-state index in [4.69, 9.17) is 0 Å². The molecule has 0 aromatic carbocycles. The third-order valence-corrected chi connectivity index (χ3v) is 3.04. The Bertz CT molecular complexity index is 318. The maximum atomic E-state index is 4.06. The fraction of sp³-hybridized carbons (Fsp3) is 0.917. The van der Waals surface area contributed by atoms with Gasteiger partial charge in [0.1, 0.15) is 0 Å². The first-order valence-electron chi connectivity index (χ1n) is 6.46. The maximum absolute atomic E-state index is 4.06. The molecule has 5 nitrogen and oxygen atoms in total. The van der Waals surface area contributed by atoms with Crippen molar-refractivity contribution < 1.29 is 0 Å². The van der Waals surface area contributed by atoms with Crippen LogP contribution >= 0.6 is 0 Å². The van der Waals surface area contributed by atoms with Crippen molar-refractivity contribution in [3.8, 4) is 0 Å². The Balaban J connectivity index is 2.48. The molecule has 5 heteroatoms. The molecule has 1 aromatic heterocycles. The molecule has 0 spiro atoms. The van der Waals surface area contributed by atoms with Gasteiger partial charge in [-0.05, 0) is 34.7 Å². The van der Waals surface area contributed by atoms with E-state index in [1.807, 2.05) is 4.68 Å². The van der Waals surface area contributed by atoms with Crippen molar-refractivity contribution in [2.24, 2.45) is 17.8 Å². The lowest BCUT2D eigenvalue weighted by Gasteiger charge is -2.16. The van der Waals surface area contributed by atoms with E-state index in [9.17, 15) is 0 Å². The van der Waals surface area contributed by atoms with E-state index in [-0.39, 0.29) is 0 Å². The van der Waals surface area contributed by atoms with E-state index in [1.165, 1.54) is 0 Å². The van der Waals surface area contributed by atoms with Gasteiger partial charge < -0.3 is 5.32 Å². The lowest BCUT2D eigenvalue weighted by atomic mass is 9.98. The molecular formula is C12H25N5. The Kier molecular flexibility index (Phi) is 5.55. The molecule has 98 valence electrons. The van der Waals surface area contributed by atoms with Crippen LogP contribution in [-0.2, 0) is 13.1 Å². The van der Waals surface area contributed by atoms with Gasteiger partial charge in [-0.3, -0.25) is 0 Å². The van der Waals surface area contributed by atoms with Crippen molar-refractivity contribution in [1.29, 1.82) is 0 Å². The Morgan fingerprint density at radius 2 is 1.88 bits per heavy atom. The molecule has 1 aromatic rings. The van der Waals surface area contributed by atoms with Crippen LogP contribution in [0, 0.1) is 17.8 Å². The van der Waals surface area contributed by atoms with Gasteiger partial charge in [-0.1, -0.05) is 34.6 Å². The molecule has 0 saturated carbocycles. The summed E-state index contributed by atoms with van der Waals surface area (Å²) in [6, 6.07) is 0. The monoisotopic (exact) mass is 239 g/mol. The van der Waals surface area contributed by atoms with Crippen LogP contribution in [0.1, 0.15) is 40.4 Å². The van der Waals surface area contributed by atoms with E-state index < -0.39 is 0 Å². The molecule has 0 radical (unpaired) electrons. The van der Waals surface area contributed by atoms with Crippen molar-refractivity contribution in [3.05, 3.63) is 5.82 Å². The van der Waals surface area contributed by atoms with E-state index >= 15 is 0 Å². The number of nitrogens with one attached hydrogen (secondary N) is 1. The molecule has 0 bridgehead atoms. The summed E-state index contributed by atoms with van der Waals surface area (Å²) in [5.41, 5.74) is 0. The van der Waals surface area contributed by atoms with Gasteiger partial charge in [-0.15, -0.1) is 5.10 Å². The molecule has 17 heavy (non-hydrogen) atoms. The molecule has 1 rings (SSSR count). The summed E-state index contributed by atoms with van der Waals surface area (Å²) < 4.78 is 1.91. The minimum absolute atomic E-state index is 0.586. The van der Waals surface area contributed by atoms with Crippen LogP contribution in [0.15, 0.2) is 0 Å². The van der Waals surface area contributed by atoms with Crippen molar-refractivity contribution in [2.45, 2.75) is 47.7 Å². The van der Waals surface area contributed by atoms with Crippen molar-refractivity contribution in [3.63, 3.8) is 0 Å². The number of rotatable bonds is 7. The van der Waals surface area contributed by atoms with Crippen LogP contribution in [0.3, 0.4) is 0 Å². The third-order valence-electron chi connectivity index (χ3n) is 3.04. The van der Waals surface area contributed by atoms with E-state index in [0.29, 0.717) is 17.8 Å². The molecule has 0 aliphatic heterocycles. The Morgan fingerprint density at radius 1 is 1.18 bits per heavy atom. The molecule has 1 atom stereocenters. The normalized spacial score (nSPS) is 13.6. The highest BCUT2D eigenvalue weighted by molar-refractivity contribution is 4.80. The van der Waals surface area contributed by atoms with Crippen LogP contribution in [0.2, 0.25) is 0 Å². The molecular weight excluding hydrogens is 214 g/mol. The number of hydrogen-bond donors (Lipinski definition) is 1. The van der Waals surface area contributed by atoms with Gasteiger partial charge in [-0.2, -0.15) is 0 Å². The zero-order chi connectivity index (χ0) is 12.8. The second kappa shape index (κ2) is 6.69. The third kappa shape index (κ3) is 4.81. The van der Waals surface area contributed by atoms with Crippen molar-refractivity contribution >= 4 is 0 Å². The number of aromatic nitrogens is 4. The quantitative estimate of drug-likeness (QED) is 0.787. The van der Waals surface area contributed by atoms with Crippen LogP contribution in [0.25, 0.3) is 0 Å². The number of hydrogen-bond acceptors (Lipinski definition) is 4. The Morgan fingerprint density at radius 3 is 2.47 bits per heavy atom. The summed E-state index contributed by atoms with van der Waals surface area (Å²) in [5.74, 6) is 2.81. The summed E-state index contributed by atoms with van der Waals surface area (Å²) in [4.78, 5) is 0. The molecule has 0 fully saturated rings. The molecule has 1 heterocycles. The van der Waals surface area contributed by atoms with Crippen LogP contribution in [0.4, 0.5) is 0 Å². The zero-order valence-electron chi connectivity index (χ0n) is 11.6. The lowest BCUT2D eigenvalue weighted by Crippen LogP contribution is -2.23. The maximum Gasteiger partial charge on any atom is 0.165 e. The minimum Gasteiger partial charge on any atom is -0.310 e. The molecule has 0 saturated heterocycles. The Labute approximate surface area is 104 Å². The summed E-state index contributed by atoms with van der Waals surface area (Å²) in [5, 5.41) is 15.2. The largest absolute Gasteiger partial charge is 0.310 e. The van der Waals surface area contributed by atoms with Gasteiger partial charge in [0.25, 0.3) is 0 Å². The zero-order valence-corrected chi connectivity index (χ0v) is 11.6. The average Bonchev–Trinajstić information content (AvgIpc) is 2.65. The van der Waals surface area contributed by atoms with Crippen LogP contribution in [-0.4, -0.2) is 26.8 Å². The first kappa shape index (κ1) is 14.1. The predicted molar refractivity (Wildman–Crippen MR) is 68.4 cm³/mol. The molecule has 1 unspecified atom stereocenters. The predicted octanol–water partition coefficient (Wildman–Crippen LogP) is 1.71. The van der Waals surface area contributed by atoms with E-state index in [1.54, 1.807) is 0 Å². The molecule has 0 aliphatic rings. The summed E-state index contributed by atoms with van der Waals surface area (Å²) in [6.45, 7) is 13.7. The highest BCUT2D eigenvalue weighted by atomic mass is 15.5. The highest BCUT2D eigenvalue weighted by Gasteiger charge is 2.12. The lowest BCUT2D eigenvalue weighted by molar-refractivity contribution is 0.337. The molecule has 0 aliphatic carbocycles. The summed E-state index contributed by atoms with van der Waals surface area (Å²) in [7, 11) is 0. The van der Waals surface area contributed by atoms with E-state index in [2.05, 4.69) is 55.5 Å². The minimum atomic E-state index is 0.586. The highest BCUT2D eigenvalue weighted by Crippen LogP contribution is 2.12. The number of tetrazole rings is 1. The second-order valence-electron chi connectivity index (χ2n) is 5.52. The van der Waals surface area contributed by atoms with E-state index in [0.717, 1.165) is 25.5 Å². The van der Waals surface area contributed by atoms with Crippen LogP contribution in [0.5, 0.6) is 0 Å². The van der Waals surface area contributed by atoms with Gasteiger partial charge >= 0.3 is 0 Å². The SMILES string of the molecule is CC(C)CNCc1nnnn1CC(C)C(C)C. The van der Waals surface area contributed by atoms with Crippen molar-refractivity contribution in [2.75, 3.05) is 6.54 Å². The average molecular weight is 239 g/mol. The first-order valence-corrected chi connectivity index (χ1v) is 6.46. The van der Waals surface area contributed by atoms with Gasteiger partial charge in [0.2, 0.25) is 0 Å². The van der Waals surface area contributed by atoms with Crippen molar-refractivity contribution in [1.82, 2.24) is 25.5 Å². The Hall–Kier alpha value is -0.970. The fourth-order valence-electron chi connectivity index (χ4n) is 1.45. The first-order chi connectivity index (χ1) is 8.00. The second-order valence-corrected chi connectivity index (χ2v) is 5.52. The van der Waals surface area contributed by atoms with Gasteiger partial charge in [0, 0.05) is 6.54 Å². The van der Waals surface area contributed by atoms with Crippen LogP contribution < -0.4 is 5.32 Å². The van der Waals surface area contributed by atoms with Gasteiger partial charge in [-0.25, -0.2) is 4.68 Å². The topological polar surface area (TPSA) is 55.6 Å². The standard InChI is InChI=1S/C12H25N5/c1-9(2)6-13-7-12-14-15-16-17(12)8-11(5)10(3)4/h9-11,13H,6-8H2,1-5H3. The summed E-state index contributed by atoms with van der Waals surface area (Å²) in [6.07, 6.45) is 0. The summed E-state index contributed by atoms with van der Waals surface area (Å²) >= 11 is 0. The smallest absolute Gasteiger partial charge is 0.165 e. The number of nitrogens with zero attached hydrogens (tertiary/aromatic N) is 4. The fourth-order valence-corrected chi connectivity index (χ4v) is 1.45. The molecule has 1 N–H and O–H groups in total.